The fourth-order valence-corrected chi connectivity index (χ4v) is 4.10. The average molecular weight is 317 g/mol. The Morgan fingerprint density at radius 2 is 1.68 bits per heavy atom. The van der Waals surface area contributed by atoms with Crippen LogP contribution in [0.25, 0.3) is 11.1 Å². The van der Waals surface area contributed by atoms with Crippen LogP contribution in [-0.4, -0.2) is 13.2 Å². The molecule has 0 atom stereocenters. The Hall–Kier alpha value is -1.41. The van der Waals surface area contributed by atoms with Gasteiger partial charge in [0.1, 0.15) is 0 Å². The molecule has 0 saturated carbocycles. The fourth-order valence-electron chi connectivity index (χ4n) is 2.32. The van der Waals surface area contributed by atoms with E-state index in [1.54, 1.807) is 0 Å². The Kier molecular flexibility index (Phi) is 5.96. The number of rotatable bonds is 7. The Balaban J connectivity index is 2.24. The first-order valence-corrected chi connectivity index (χ1v) is 9.25. The highest BCUT2D eigenvalue weighted by Crippen LogP contribution is 2.51. The van der Waals surface area contributed by atoms with Gasteiger partial charge < -0.3 is 9.05 Å². The van der Waals surface area contributed by atoms with Gasteiger partial charge in [0.25, 0.3) is 0 Å². The van der Waals surface area contributed by atoms with Crippen molar-refractivity contribution in [1.82, 2.24) is 0 Å². The van der Waals surface area contributed by atoms with E-state index in [-0.39, 0.29) is 6.16 Å². The van der Waals surface area contributed by atoms with E-state index in [2.05, 4.69) is 24.3 Å². The molecule has 22 heavy (non-hydrogen) atoms. The molecule has 2 rings (SSSR count). The van der Waals surface area contributed by atoms with Crippen molar-refractivity contribution in [3.63, 3.8) is 0 Å². The van der Waals surface area contributed by atoms with Crippen LogP contribution in [0.3, 0.4) is 0 Å². The summed E-state index contributed by atoms with van der Waals surface area (Å²) in [5, 5.41) is 0. The van der Waals surface area contributed by atoms with Gasteiger partial charge in [-0.1, -0.05) is 36.4 Å². The maximum absolute atomic E-state index is 12.6. The van der Waals surface area contributed by atoms with E-state index in [9.17, 15) is 4.57 Å². The van der Waals surface area contributed by atoms with Gasteiger partial charge in [-0.05, 0) is 55.2 Å². The first kappa shape index (κ1) is 17.0. The molecule has 2 aromatic rings. The van der Waals surface area contributed by atoms with Crippen LogP contribution in [0, 0.1) is 13.0 Å². The van der Waals surface area contributed by atoms with Crippen LogP contribution < -0.4 is 0 Å². The molecule has 0 spiro atoms. The summed E-state index contributed by atoms with van der Waals surface area (Å²) in [4.78, 5) is 0. The quantitative estimate of drug-likeness (QED) is 0.656. The molecule has 0 fully saturated rings. The number of hydrogen-bond donors (Lipinski definition) is 0. The van der Waals surface area contributed by atoms with E-state index in [0.717, 1.165) is 22.3 Å². The van der Waals surface area contributed by atoms with Crippen LogP contribution in [0.4, 0.5) is 0 Å². The lowest BCUT2D eigenvalue weighted by molar-refractivity contribution is 0.219. The summed E-state index contributed by atoms with van der Waals surface area (Å²) in [5.74, 6) is 0. The lowest BCUT2D eigenvalue weighted by Gasteiger charge is -2.18. The number of aryl methyl sites for hydroxylation is 1. The standard InChI is InChI=1S/C18H22O3P/c1-4-20-22(19,21-5-2)14-18-12-11-17(13-15(18)3)16-9-7-6-8-10-16/h6-11,13H,4-5,14H2,1-3H3. The second kappa shape index (κ2) is 7.73. The monoisotopic (exact) mass is 317 g/mol. The molecule has 4 heteroatoms. The first-order chi connectivity index (χ1) is 10.6. The molecule has 0 aliphatic heterocycles. The van der Waals surface area contributed by atoms with Crippen molar-refractivity contribution in [1.29, 1.82) is 0 Å². The van der Waals surface area contributed by atoms with Gasteiger partial charge in [-0.3, -0.25) is 4.57 Å². The third-order valence-corrected chi connectivity index (χ3v) is 5.37. The van der Waals surface area contributed by atoms with Gasteiger partial charge in [-0.15, -0.1) is 0 Å². The topological polar surface area (TPSA) is 35.5 Å². The molecular weight excluding hydrogens is 295 g/mol. The molecule has 0 saturated heterocycles. The summed E-state index contributed by atoms with van der Waals surface area (Å²) in [5.41, 5.74) is 4.17. The normalized spacial score (nSPS) is 11.6. The Labute approximate surface area is 132 Å². The summed E-state index contributed by atoms with van der Waals surface area (Å²) in [7, 11) is -3.09. The van der Waals surface area contributed by atoms with Crippen molar-refractivity contribution in [3.8, 4) is 11.1 Å². The Bertz CT molecular complexity index is 643. The molecule has 117 valence electrons. The van der Waals surface area contributed by atoms with E-state index >= 15 is 0 Å². The molecule has 0 heterocycles. The maximum Gasteiger partial charge on any atom is 0.335 e. The molecule has 0 aliphatic rings. The Morgan fingerprint density at radius 3 is 2.23 bits per heavy atom. The average Bonchev–Trinajstić information content (AvgIpc) is 2.50. The van der Waals surface area contributed by atoms with Gasteiger partial charge in [0.05, 0.1) is 19.4 Å². The van der Waals surface area contributed by atoms with E-state index in [4.69, 9.17) is 9.05 Å². The van der Waals surface area contributed by atoms with Gasteiger partial charge in [0.2, 0.25) is 0 Å². The molecule has 2 aromatic carbocycles. The molecule has 0 N–H and O–H groups in total. The van der Waals surface area contributed by atoms with Crippen LogP contribution in [0.1, 0.15) is 25.0 Å². The molecule has 1 radical (unpaired) electrons. The minimum atomic E-state index is -3.09. The third-order valence-electron chi connectivity index (χ3n) is 3.36. The van der Waals surface area contributed by atoms with E-state index in [1.165, 1.54) is 0 Å². The van der Waals surface area contributed by atoms with Crippen LogP contribution in [0.2, 0.25) is 0 Å². The first-order valence-electron chi connectivity index (χ1n) is 7.52. The second-order valence-electron chi connectivity index (χ2n) is 5.02. The van der Waals surface area contributed by atoms with E-state index in [0.29, 0.717) is 13.2 Å². The summed E-state index contributed by atoms with van der Waals surface area (Å²) in [6.45, 7) is 6.39. The summed E-state index contributed by atoms with van der Waals surface area (Å²) < 4.78 is 23.3. The van der Waals surface area contributed by atoms with E-state index in [1.807, 2.05) is 45.0 Å². The highest BCUT2D eigenvalue weighted by atomic mass is 31.2. The van der Waals surface area contributed by atoms with Crippen LogP contribution >= 0.6 is 7.60 Å². The second-order valence-corrected chi connectivity index (χ2v) is 7.07. The molecular formula is C18H22O3P. The van der Waals surface area contributed by atoms with Gasteiger partial charge in [-0.25, -0.2) is 0 Å². The van der Waals surface area contributed by atoms with Gasteiger partial charge in [0, 0.05) is 0 Å². The van der Waals surface area contributed by atoms with Crippen LogP contribution in [0.5, 0.6) is 0 Å². The van der Waals surface area contributed by atoms with Crippen LogP contribution in [0.15, 0.2) is 42.5 Å². The van der Waals surface area contributed by atoms with Crippen molar-refractivity contribution in [3.05, 3.63) is 59.7 Å². The van der Waals surface area contributed by atoms with Crippen molar-refractivity contribution in [2.24, 2.45) is 0 Å². The predicted octanol–water partition coefficient (Wildman–Crippen LogP) is 5.23. The minimum absolute atomic E-state index is 0.260. The fraction of sp³-hybridized carbons (Fsp3) is 0.333. The van der Waals surface area contributed by atoms with Gasteiger partial charge >= 0.3 is 7.60 Å². The molecule has 0 aromatic heterocycles. The largest absolute Gasteiger partial charge is 0.335 e. The van der Waals surface area contributed by atoms with Crippen molar-refractivity contribution < 1.29 is 13.6 Å². The lowest BCUT2D eigenvalue weighted by atomic mass is 10.0. The maximum atomic E-state index is 12.6. The van der Waals surface area contributed by atoms with Crippen molar-refractivity contribution in [2.75, 3.05) is 13.2 Å². The molecule has 0 aliphatic carbocycles. The van der Waals surface area contributed by atoms with Crippen molar-refractivity contribution >= 4 is 7.60 Å². The minimum Gasteiger partial charge on any atom is -0.309 e. The van der Waals surface area contributed by atoms with Gasteiger partial charge in [0.15, 0.2) is 0 Å². The van der Waals surface area contributed by atoms with Crippen molar-refractivity contribution in [2.45, 2.75) is 26.9 Å². The van der Waals surface area contributed by atoms with Gasteiger partial charge in [-0.2, -0.15) is 0 Å². The third kappa shape index (κ3) is 4.30. The Morgan fingerprint density at radius 1 is 1.05 bits per heavy atom. The molecule has 0 unspecified atom stereocenters. The molecule has 0 amide bonds. The summed E-state index contributed by atoms with van der Waals surface area (Å²) in [6, 6.07) is 17.4. The zero-order chi connectivity index (χ0) is 16.0. The number of benzene rings is 2. The predicted molar refractivity (Wildman–Crippen MR) is 90.0 cm³/mol. The summed E-state index contributed by atoms with van der Waals surface area (Å²) >= 11 is 0. The zero-order valence-corrected chi connectivity index (χ0v) is 14.2. The SMILES string of the molecule is CCOP(=O)(Cc1[c]cc(-c2ccccc2)cc1C)OCC. The lowest BCUT2D eigenvalue weighted by Crippen LogP contribution is -2.00. The molecule has 0 bridgehead atoms. The number of hydrogen-bond acceptors (Lipinski definition) is 3. The highest BCUT2D eigenvalue weighted by Gasteiger charge is 2.25. The highest BCUT2D eigenvalue weighted by molar-refractivity contribution is 7.53. The smallest absolute Gasteiger partial charge is 0.309 e. The van der Waals surface area contributed by atoms with E-state index < -0.39 is 7.60 Å². The molecule has 3 nitrogen and oxygen atoms in total. The summed E-state index contributed by atoms with van der Waals surface area (Å²) in [6.07, 6.45) is 0.260. The zero-order valence-electron chi connectivity index (χ0n) is 13.3. The van der Waals surface area contributed by atoms with Crippen LogP contribution in [-0.2, 0) is 19.8 Å².